The molecular weight excluding hydrogens is 192 g/mol. The van der Waals surface area contributed by atoms with Gasteiger partial charge in [0.2, 0.25) is 0 Å². The van der Waals surface area contributed by atoms with E-state index in [1.807, 2.05) is 30.3 Å². The standard InChI is InChI=1S/C12H14OS/c1-12(8-5-9-14-12)11(13)10-6-3-2-4-7-10/h2-4,6-7H,5,8-9H2,1H3. The van der Waals surface area contributed by atoms with Gasteiger partial charge in [0, 0.05) is 5.56 Å². The van der Waals surface area contributed by atoms with Crippen molar-refractivity contribution in [3.63, 3.8) is 0 Å². The van der Waals surface area contributed by atoms with E-state index in [-0.39, 0.29) is 4.75 Å². The molecule has 1 aliphatic heterocycles. The van der Waals surface area contributed by atoms with Crippen molar-refractivity contribution in [1.29, 1.82) is 0 Å². The Morgan fingerprint density at radius 3 is 2.64 bits per heavy atom. The van der Waals surface area contributed by atoms with Crippen LogP contribution in [0.25, 0.3) is 0 Å². The molecule has 14 heavy (non-hydrogen) atoms. The average Bonchev–Trinajstić information content (AvgIpc) is 2.67. The van der Waals surface area contributed by atoms with Gasteiger partial charge in [0.1, 0.15) is 0 Å². The molecule has 1 nitrogen and oxygen atoms in total. The van der Waals surface area contributed by atoms with Crippen molar-refractivity contribution in [3.8, 4) is 0 Å². The summed E-state index contributed by atoms with van der Waals surface area (Å²) in [5.41, 5.74) is 0.851. The van der Waals surface area contributed by atoms with Crippen LogP contribution in [0.1, 0.15) is 30.1 Å². The van der Waals surface area contributed by atoms with Crippen LogP contribution in [-0.2, 0) is 0 Å². The normalized spacial score (nSPS) is 26.4. The SMILES string of the molecule is CC1(C(=O)c2ccccc2)CCCS1. The van der Waals surface area contributed by atoms with Crippen molar-refractivity contribution in [3.05, 3.63) is 35.9 Å². The van der Waals surface area contributed by atoms with Gasteiger partial charge in [-0.2, -0.15) is 0 Å². The van der Waals surface area contributed by atoms with Crippen LogP contribution in [0.5, 0.6) is 0 Å². The Morgan fingerprint density at radius 1 is 1.36 bits per heavy atom. The lowest BCUT2D eigenvalue weighted by Gasteiger charge is -2.20. The smallest absolute Gasteiger partial charge is 0.178 e. The Balaban J connectivity index is 2.24. The number of thioether (sulfide) groups is 1. The van der Waals surface area contributed by atoms with Crippen LogP contribution in [0.4, 0.5) is 0 Å². The molecular formula is C12H14OS. The van der Waals surface area contributed by atoms with Gasteiger partial charge in [-0.3, -0.25) is 4.79 Å². The maximum atomic E-state index is 12.1. The first kappa shape index (κ1) is 9.78. The Hall–Kier alpha value is -0.760. The molecule has 74 valence electrons. The predicted molar refractivity (Wildman–Crippen MR) is 60.9 cm³/mol. The lowest BCUT2D eigenvalue weighted by Crippen LogP contribution is -2.28. The van der Waals surface area contributed by atoms with Gasteiger partial charge in [0.25, 0.3) is 0 Å². The monoisotopic (exact) mass is 206 g/mol. The molecule has 0 aliphatic carbocycles. The predicted octanol–water partition coefficient (Wildman–Crippen LogP) is 3.16. The number of hydrogen-bond donors (Lipinski definition) is 0. The summed E-state index contributed by atoms with van der Waals surface area (Å²) in [4.78, 5) is 12.1. The number of benzene rings is 1. The third-order valence-corrected chi connectivity index (χ3v) is 4.25. The van der Waals surface area contributed by atoms with E-state index < -0.39 is 0 Å². The second-order valence-electron chi connectivity index (χ2n) is 3.88. The summed E-state index contributed by atoms with van der Waals surface area (Å²) in [6, 6.07) is 9.62. The molecule has 1 fully saturated rings. The minimum absolute atomic E-state index is 0.165. The van der Waals surface area contributed by atoms with Crippen LogP contribution in [0.3, 0.4) is 0 Å². The van der Waals surface area contributed by atoms with Gasteiger partial charge in [-0.15, -0.1) is 11.8 Å². The number of ketones is 1. The maximum absolute atomic E-state index is 12.1. The number of carbonyl (C=O) groups is 1. The zero-order valence-corrected chi connectivity index (χ0v) is 9.14. The van der Waals surface area contributed by atoms with E-state index in [4.69, 9.17) is 0 Å². The largest absolute Gasteiger partial charge is 0.293 e. The molecule has 1 atom stereocenters. The zero-order valence-electron chi connectivity index (χ0n) is 8.32. The highest BCUT2D eigenvalue weighted by atomic mass is 32.2. The first-order chi connectivity index (χ1) is 6.72. The van der Waals surface area contributed by atoms with Crippen LogP contribution in [0.15, 0.2) is 30.3 Å². The fourth-order valence-corrected chi connectivity index (χ4v) is 3.13. The minimum atomic E-state index is -0.165. The second kappa shape index (κ2) is 3.77. The van der Waals surface area contributed by atoms with Crippen molar-refractivity contribution >= 4 is 17.5 Å². The van der Waals surface area contributed by atoms with E-state index in [1.54, 1.807) is 11.8 Å². The fourth-order valence-electron chi connectivity index (χ4n) is 1.85. The Labute approximate surface area is 88.9 Å². The van der Waals surface area contributed by atoms with Gasteiger partial charge in [-0.05, 0) is 25.5 Å². The number of Topliss-reactive ketones (excluding diaryl/α,β-unsaturated/α-hetero) is 1. The summed E-state index contributed by atoms with van der Waals surface area (Å²) >= 11 is 1.80. The molecule has 0 saturated carbocycles. The van der Waals surface area contributed by atoms with E-state index in [2.05, 4.69) is 6.92 Å². The van der Waals surface area contributed by atoms with Gasteiger partial charge in [0.05, 0.1) is 4.75 Å². The first-order valence-electron chi connectivity index (χ1n) is 4.96. The topological polar surface area (TPSA) is 17.1 Å². The summed E-state index contributed by atoms with van der Waals surface area (Å²) in [6.45, 7) is 2.07. The molecule has 1 aliphatic rings. The van der Waals surface area contributed by atoms with Gasteiger partial charge in [-0.1, -0.05) is 30.3 Å². The highest BCUT2D eigenvalue weighted by molar-refractivity contribution is 8.01. The van der Waals surface area contributed by atoms with Crippen LogP contribution in [0, 0.1) is 0 Å². The summed E-state index contributed by atoms with van der Waals surface area (Å²) in [6.07, 6.45) is 2.19. The Kier molecular flexibility index (Phi) is 2.64. The highest BCUT2D eigenvalue weighted by Gasteiger charge is 2.37. The minimum Gasteiger partial charge on any atom is -0.293 e. The summed E-state index contributed by atoms with van der Waals surface area (Å²) < 4.78 is -0.165. The average molecular weight is 206 g/mol. The van der Waals surface area contributed by atoms with Crippen molar-refractivity contribution < 1.29 is 4.79 Å². The maximum Gasteiger partial charge on any atom is 0.178 e. The molecule has 0 amide bonds. The molecule has 1 unspecified atom stereocenters. The van der Waals surface area contributed by atoms with Crippen LogP contribution in [0.2, 0.25) is 0 Å². The molecule has 1 aromatic rings. The molecule has 1 aromatic carbocycles. The van der Waals surface area contributed by atoms with Crippen LogP contribution < -0.4 is 0 Å². The number of carbonyl (C=O) groups excluding carboxylic acids is 1. The summed E-state index contributed by atoms with van der Waals surface area (Å²) in [5, 5.41) is 0. The Bertz CT molecular complexity index is 325. The molecule has 1 heterocycles. The third-order valence-electron chi connectivity index (χ3n) is 2.74. The molecule has 1 saturated heterocycles. The molecule has 0 aromatic heterocycles. The lowest BCUT2D eigenvalue weighted by molar-refractivity contribution is 0.0949. The van der Waals surface area contributed by atoms with Crippen LogP contribution >= 0.6 is 11.8 Å². The second-order valence-corrected chi connectivity index (χ2v) is 5.48. The molecule has 0 radical (unpaired) electrons. The quantitative estimate of drug-likeness (QED) is 0.691. The van der Waals surface area contributed by atoms with Crippen molar-refractivity contribution in [2.75, 3.05) is 5.75 Å². The van der Waals surface area contributed by atoms with Crippen molar-refractivity contribution in [2.24, 2.45) is 0 Å². The molecule has 2 heteroatoms. The Morgan fingerprint density at radius 2 is 2.07 bits per heavy atom. The lowest BCUT2D eigenvalue weighted by atomic mass is 9.95. The van der Waals surface area contributed by atoms with E-state index in [0.29, 0.717) is 5.78 Å². The highest BCUT2D eigenvalue weighted by Crippen LogP contribution is 2.40. The van der Waals surface area contributed by atoms with Gasteiger partial charge in [0.15, 0.2) is 5.78 Å². The zero-order chi connectivity index (χ0) is 10.0. The number of rotatable bonds is 2. The van der Waals surface area contributed by atoms with E-state index in [1.165, 1.54) is 6.42 Å². The fraction of sp³-hybridized carbons (Fsp3) is 0.417. The molecule has 0 spiro atoms. The first-order valence-corrected chi connectivity index (χ1v) is 5.95. The summed E-state index contributed by atoms with van der Waals surface area (Å²) in [7, 11) is 0. The number of hydrogen-bond acceptors (Lipinski definition) is 2. The van der Waals surface area contributed by atoms with Gasteiger partial charge < -0.3 is 0 Å². The van der Waals surface area contributed by atoms with E-state index in [9.17, 15) is 4.79 Å². The van der Waals surface area contributed by atoms with E-state index in [0.717, 1.165) is 17.7 Å². The van der Waals surface area contributed by atoms with Gasteiger partial charge >= 0.3 is 0 Å². The van der Waals surface area contributed by atoms with Gasteiger partial charge in [-0.25, -0.2) is 0 Å². The van der Waals surface area contributed by atoms with E-state index >= 15 is 0 Å². The van der Waals surface area contributed by atoms with Crippen LogP contribution in [-0.4, -0.2) is 16.3 Å². The molecule has 0 N–H and O–H groups in total. The molecule has 2 rings (SSSR count). The van der Waals surface area contributed by atoms with Crippen molar-refractivity contribution in [2.45, 2.75) is 24.5 Å². The van der Waals surface area contributed by atoms with Crippen molar-refractivity contribution in [1.82, 2.24) is 0 Å². The molecule has 0 bridgehead atoms. The third kappa shape index (κ3) is 1.71. The summed E-state index contributed by atoms with van der Waals surface area (Å²) in [5.74, 6) is 1.41.